The molecular weight excluding hydrogens is 224 g/mol. The molecule has 3 heteroatoms. The minimum Gasteiger partial charge on any atom is -0.376 e. The van der Waals surface area contributed by atoms with Crippen molar-refractivity contribution in [3.63, 3.8) is 0 Å². The number of hydrogen-bond acceptors (Lipinski definition) is 3. The molecule has 2 rings (SSSR count). The number of ether oxygens (including phenoxy) is 1. The lowest BCUT2D eigenvalue weighted by molar-refractivity contribution is -0.0428. The Labute approximate surface area is 112 Å². The van der Waals surface area contributed by atoms with Gasteiger partial charge in [0.25, 0.3) is 0 Å². The second kappa shape index (κ2) is 5.48. The van der Waals surface area contributed by atoms with E-state index in [1.807, 2.05) is 0 Å². The van der Waals surface area contributed by atoms with Gasteiger partial charge in [0.2, 0.25) is 0 Å². The predicted molar refractivity (Wildman–Crippen MR) is 75.5 cm³/mol. The minimum atomic E-state index is 0.360. The zero-order valence-corrected chi connectivity index (χ0v) is 12.5. The summed E-state index contributed by atoms with van der Waals surface area (Å²) in [5, 5.41) is 0. The normalized spacial score (nSPS) is 41.8. The number of hydrogen-bond donors (Lipinski definition) is 1. The van der Waals surface area contributed by atoms with Crippen LogP contribution in [0.25, 0.3) is 0 Å². The second-order valence-electron chi connectivity index (χ2n) is 6.99. The fourth-order valence-electron chi connectivity index (χ4n) is 3.63. The van der Waals surface area contributed by atoms with E-state index in [-0.39, 0.29) is 0 Å². The summed E-state index contributed by atoms with van der Waals surface area (Å²) < 4.78 is 5.63. The molecule has 0 aromatic carbocycles. The summed E-state index contributed by atoms with van der Waals surface area (Å²) in [4.78, 5) is 2.59. The zero-order chi connectivity index (χ0) is 13.3. The van der Waals surface area contributed by atoms with Gasteiger partial charge >= 0.3 is 0 Å². The molecule has 0 aromatic rings. The third kappa shape index (κ3) is 2.89. The minimum absolute atomic E-state index is 0.360. The molecule has 2 fully saturated rings. The average molecular weight is 254 g/mol. The van der Waals surface area contributed by atoms with Gasteiger partial charge in [-0.05, 0) is 37.0 Å². The summed E-state index contributed by atoms with van der Waals surface area (Å²) in [6.07, 6.45) is 2.87. The van der Waals surface area contributed by atoms with Gasteiger partial charge in [0.15, 0.2) is 0 Å². The smallest absolute Gasteiger partial charge is 0.0674 e. The van der Waals surface area contributed by atoms with Crippen LogP contribution in [0.4, 0.5) is 0 Å². The topological polar surface area (TPSA) is 38.5 Å². The van der Waals surface area contributed by atoms with Crippen molar-refractivity contribution in [1.29, 1.82) is 0 Å². The first kappa shape index (κ1) is 14.3. The Morgan fingerprint density at radius 3 is 2.67 bits per heavy atom. The monoisotopic (exact) mass is 254 g/mol. The van der Waals surface area contributed by atoms with Crippen molar-refractivity contribution >= 4 is 0 Å². The molecule has 1 saturated carbocycles. The molecular formula is C15H30N2O. The van der Waals surface area contributed by atoms with Crippen LogP contribution in [-0.4, -0.2) is 43.3 Å². The molecule has 1 heterocycles. The van der Waals surface area contributed by atoms with E-state index in [1.165, 1.54) is 19.4 Å². The lowest BCUT2D eigenvalue weighted by atomic mass is 9.61. The van der Waals surface area contributed by atoms with Crippen molar-refractivity contribution in [2.24, 2.45) is 23.0 Å². The maximum atomic E-state index is 6.24. The van der Waals surface area contributed by atoms with Gasteiger partial charge in [0.1, 0.15) is 0 Å². The highest BCUT2D eigenvalue weighted by molar-refractivity contribution is 4.94. The fourth-order valence-corrected chi connectivity index (χ4v) is 3.63. The van der Waals surface area contributed by atoms with E-state index in [4.69, 9.17) is 10.5 Å². The SMILES string of the molecule is CC1CN(CC2CCC(N)C(C)C2(C)C)CCO1. The molecule has 0 radical (unpaired) electrons. The van der Waals surface area contributed by atoms with Crippen LogP contribution in [0.1, 0.15) is 40.5 Å². The van der Waals surface area contributed by atoms with Gasteiger partial charge in [0, 0.05) is 25.7 Å². The summed E-state index contributed by atoms with van der Waals surface area (Å²) in [6, 6.07) is 0.389. The summed E-state index contributed by atoms with van der Waals surface area (Å²) >= 11 is 0. The maximum Gasteiger partial charge on any atom is 0.0674 e. The Bertz CT molecular complexity index is 280. The lowest BCUT2D eigenvalue weighted by Crippen LogP contribution is -2.52. The standard InChI is InChI=1S/C15H30N2O/c1-11-9-17(7-8-18-11)10-13-5-6-14(16)12(2)15(13,3)4/h11-14H,5-10,16H2,1-4H3. The van der Waals surface area contributed by atoms with Gasteiger partial charge in [-0.1, -0.05) is 20.8 Å². The Morgan fingerprint density at radius 2 is 2.00 bits per heavy atom. The molecule has 1 aliphatic heterocycles. The molecule has 2 N–H and O–H groups in total. The highest BCUT2D eigenvalue weighted by Gasteiger charge is 2.42. The van der Waals surface area contributed by atoms with Gasteiger partial charge < -0.3 is 10.5 Å². The number of morpholine rings is 1. The van der Waals surface area contributed by atoms with E-state index in [0.717, 1.165) is 25.6 Å². The number of nitrogens with zero attached hydrogens (tertiary/aromatic N) is 1. The van der Waals surface area contributed by atoms with E-state index < -0.39 is 0 Å². The molecule has 0 spiro atoms. The molecule has 0 bridgehead atoms. The molecule has 4 unspecified atom stereocenters. The quantitative estimate of drug-likeness (QED) is 0.820. The van der Waals surface area contributed by atoms with Crippen LogP contribution in [0, 0.1) is 17.3 Å². The molecule has 3 nitrogen and oxygen atoms in total. The first-order valence-electron chi connectivity index (χ1n) is 7.50. The van der Waals surface area contributed by atoms with Crippen molar-refractivity contribution in [3.8, 4) is 0 Å². The van der Waals surface area contributed by atoms with E-state index in [2.05, 4.69) is 32.6 Å². The summed E-state index contributed by atoms with van der Waals surface area (Å²) in [7, 11) is 0. The van der Waals surface area contributed by atoms with E-state index in [1.54, 1.807) is 0 Å². The molecule has 1 aliphatic carbocycles. The molecule has 0 amide bonds. The maximum absolute atomic E-state index is 6.24. The number of nitrogens with two attached hydrogens (primary N) is 1. The van der Waals surface area contributed by atoms with Crippen LogP contribution in [0.15, 0.2) is 0 Å². The average Bonchev–Trinajstić information content (AvgIpc) is 2.31. The van der Waals surface area contributed by atoms with Crippen LogP contribution >= 0.6 is 0 Å². The fraction of sp³-hybridized carbons (Fsp3) is 1.00. The van der Waals surface area contributed by atoms with Crippen LogP contribution in [-0.2, 0) is 4.74 Å². The zero-order valence-electron chi connectivity index (χ0n) is 12.5. The molecule has 106 valence electrons. The summed E-state index contributed by atoms with van der Waals surface area (Å²) in [5.41, 5.74) is 6.60. The van der Waals surface area contributed by atoms with Gasteiger partial charge in [0.05, 0.1) is 12.7 Å². The Kier molecular flexibility index (Phi) is 4.35. The number of rotatable bonds is 2. The third-order valence-electron chi connectivity index (χ3n) is 5.52. The van der Waals surface area contributed by atoms with Gasteiger partial charge in [-0.2, -0.15) is 0 Å². The summed E-state index contributed by atoms with van der Waals surface area (Å²) in [5.74, 6) is 1.40. The Morgan fingerprint density at radius 1 is 1.28 bits per heavy atom. The van der Waals surface area contributed by atoms with Crippen molar-refractivity contribution in [3.05, 3.63) is 0 Å². The van der Waals surface area contributed by atoms with Gasteiger partial charge in [-0.3, -0.25) is 4.90 Å². The lowest BCUT2D eigenvalue weighted by Gasteiger charge is -2.49. The Balaban J connectivity index is 1.96. The first-order chi connectivity index (χ1) is 8.41. The van der Waals surface area contributed by atoms with Crippen molar-refractivity contribution in [2.75, 3.05) is 26.2 Å². The predicted octanol–water partition coefficient (Wildman–Crippen LogP) is 2.11. The molecule has 1 saturated heterocycles. The molecule has 4 atom stereocenters. The van der Waals surface area contributed by atoms with Crippen molar-refractivity contribution in [1.82, 2.24) is 4.90 Å². The van der Waals surface area contributed by atoms with Crippen LogP contribution in [0.5, 0.6) is 0 Å². The van der Waals surface area contributed by atoms with Crippen LogP contribution < -0.4 is 5.73 Å². The molecule has 0 aromatic heterocycles. The van der Waals surface area contributed by atoms with Crippen LogP contribution in [0.2, 0.25) is 0 Å². The highest BCUT2D eigenvalue weighted by atomic mass is 16.5. The van der Waals surface area contributed by atoms with E-state index in [9.17, 15) is 0 Å². The Hall–Kier alpha value is -0.120. The molecule has 18 heavy (non-hydrogen) atoms. The van der Waals surface area contributed by atoms with E-state index in [0.29, 0.717) is 23.5 Å². The van der Waals surface area contributed by atoms with Gasteiger partial charge in [-0.25, -0.2) is 0 Å². The first-order valence-corrected chi connectivity index (χ1v) is 7.50. The second-order valence-corrected chi connectivity index (χ2v) is 6.99. The summed E-state index contributed by atoms with van der Waals surface area (Å²) in [6.45, 7) is 13.6. The van der Waals surface area contributed by atoms with E-state index >= 15 is 0 Å². The largest absolute Gasteiger partial charge is 0.376 e. The van der Waals surface area contributed by atoms with Crippen molar-refractivity contribution < 1.29 is 4.74 Å². The third-order valence-corrected chi connectivity index (χ3v) is 5.52. The highest BCUT2D eigenvalue weighted by Crippen LogP contribution is 2.44. The molecule has 2 aliphatic rings. The van der Waals surface area contributed by atoms with Gasteiger partial charge in [-0.15, -0.1) is 0 Å². The van der Waals surface area contributed by atoms with Crippen LogP contribution in [0.3, 0.4) is 0 Å². The van der Waals surface area contributed by atoms with Crippen molar-refractivity contribution in [2.45, 2.75) is 52.7 Å².